The van der Waals surface area contributed by atoms with Crippen LogP contribution < -0.4 is 19.7 Å². The molecule has 0 saturated carbocycles. The zero-order valence-electron chi connectivity index (χ0n) is 17.1. The van der Waals surface area contributed by atoms with Crippen molar-refractivity contribution < 1.29 is 27.8 Å². The molecule has 1 N–H and O–H groups in total. The second-order valence-electron chi connectivity index (χ2n) is 6.98. The molecule has 1 aliphatic heterocycles. The highest BCUT2D eigenvalue weighted by Gasteiger charge is 2.21. The van der Waals surface area contributed by atoms with Crippen molar-refractivity contribution in [2.45, 2.75) is 25.9 Å². The van der Waals surface area contributed by atoms with Gasteiger partial charge < -0.3 is 19.7 Å². The first-order valence-corrected chi connectivity index (χ1v) is 9.94. The van der Waals surface area contributed by atoms with Crippen molar-refractivity contribution in [1.82, 2.24) is 5.32 Å². The average molecular weight is 430 g/mol. The maximum atomic E-state index is 12.4. The summed E-state index contributed by atoms with van der Waals surface area (Å²) in [4.78, 5) is 25.6. The van der Waals surface area contributed by atoms with Crippen LogP contribution in [0.1, 0.15) is 24.0 Å². The van der Waals surface area contributed by atoms with Gasteiger partial charge in [0.25, 0.3) is 0 Å². The minimum Gasteiger partial charge on any atom is -0.493 e. The highest BCUT2D eigenvalue weighted by atomic mass is 19.3. The van der Waals surface area contributed by atoms with Gasteiger partial charge in [0.1, 0.15) is 0 Å². The van der Waals surface area contributed by atoms with Crippen molar-refractivity contribution in [3.63, 3.8) is 0 Å². The zero-order chi connectivity index (χ0) is 22.2. The molecule has 0 aromatic heterocycles. The molecule has 1 saturated heterocycles. The number of amides is 2. The molecule has 8 heteroatoms. The van der Waals surface area contributed by atoms with Crippen molar-refractivity contribution >= 4 is 23.6 Å². The molecule has 0 radical (unpaired) electrons. The number of nitrogens with one attached hydrogen (secondary N) is 1. The first-order chi connectivity index (χ1) is 15.0. The van der Waals surface area contributed by atoms with Gasteiger partial charge in [0, 0.05) is 31.3 Å². The van der Waals surface area contributed by atoms with Crippen LogP contribution in [0.3, 0.4) is 0 Å². The SMILES string of the molecule is COc1cc(CCNC(=O)/C=C/c2ccc(N3CCCC3=O)cc2)ccc1OC(F)F. The molecule has 0 unspecified atom stereocenters. The summed E-state index contributed by atoms with van der Waals surface area (Å²) in [6.45, 7) is -1.81. The first kappa shape index (κ1) is 22.3. The van der Waals surface area contributed by atoms with Gasteiger partial charge in [-0.1, -0.05) is 18.2 Å². The number of carbonyl (C=O) groups is 2. The summed E-state index contributed by atoms with van der Waals surface area (Å²) < 4.78 is 34.2. The molecule has 164 valence electrons. The number of anilines is 1. The van der Waals surface area contributed by atoms with Gasteiger partial charge in [0.05, 0.1) is 7.11 Å². The number of methoxy groups -OCH3 is 1. The third-order valence-electron chi connectivity index (χ3n) is 4.86. The smallest absolute Gasteiger partial charge is 0.387 e. The molecule has 2 amide bonds. The van der Waals surface area contributed by atoms with E-state index in [2.05, 4.69) is 10.1 Å². The fourth-order valence-electron chi connectivity index (χ4n) is 3.31. The van der Waals surface area contributed by atoms with Crippen molar-refractivity contribution in [2.75, 3.05) is 25.1 Å². The molecular weight excluding hydrogens is 406 g/mol. The third-order valence-corrected chi connectivity index (χ3v) is 4.86. The van der Waals surface area contributed by atoms with Crippen LogP contribution in [0.25, 0.3) is 6.08 Å². The van der Waals surface area contributed by atoms with E-state index in [-0.39, 0.29) is 23.3 Å². The van der Waals surface area contributed by atoms with Crippen LogP contribution >= 0.6 is 0 Å². The number of nitrogens with zero attached hydrogens (tertiary/aromatic N) is 1. The number of hydrogen-bond acceptors (Lipinski definition) is 4. The molecule has 1 aliphatic rings. The predicted molar refractivity (Wildman–Crippen MR) is 113 cm³/mol. The van der Waals surface area contributed by atoms with E-state index in [1.165, 1.54) is 19.3 Å². The molecule has 2 aromatic carbocycles. The number of hydrogen-bond donors (Lipinski definition) is 1. The molecule has 0 spiro atoms. The van der Waals surface area contributed by atoms with Gasteiger partial charge in [-0.3, -0.25) is 9.59 Å². The van der Waals surface area contributed by atoms with E-state index in [4.69, 9.17) is 4.74 Å². The van der Waals surface area contributed by atoms with Gasteiger partial charge >= 0.3 is 6.61 Å². The molecule has 6 nitrogen and oxygen atoms in total. The fraction of sp³-hybridized carbons (Fsp3) is 0.304. The Morgan fingerprint density at radius 1 is 1.19 bits per heavy atom. The van der Waals surface area contributed by atoms with E-state index in [1.807, 2.05) is 24.3 Å². The van der Waals surface area contributed by atoms with E-state index in [9.17, 15) is 18.4 Å². The summed E-state index contributed by atoms with van der Waals surface area (Å²) >= 11 is 0. The van der Waals surface area contributed by atoms with Crippen LogP contribution in [0.5, 0.6) is 11.5 Å². The summed E-state index contributed by atoms with van der Waals surface area (Å²) in [5, 5.41) is 2.78. The number of halogens is 2. The highest BCUT2D eigenvalue weighted by molar-refractivity contribution is 5.95. The summed E-state index contributed by atoms with van der Waals surface area (Å²) in [5.41, 5.74) is 2.53. The van der Waals surface area contributed by atoms with E-state index in [0.717, 1.165) is 29.8 Å². The Kier molecular flexibility index (Phi) is 7.59. The van der Waals surface area contributed by atoms with Gasteiger partial charge in [-0.2, -0.15) is 8.78 Å². The standard InChI is InChI=1S/C23H24F2N2O4/c1-30-20-15-17(6-10-19(20)31-23(24)25)12-13-26-21(28)11-7-16-4-8-18(9-5-16)27-14-2-3-22(27)29/h4-11,15,23H,2-3,12-14H2,1H3,(H,26,28)/b11-7+. The Labute approximate surface area is 179 Å². The lowest BCUT2D eigenvalue weighted by atomic mass is 10.1. The average Bonchev–Trinajstić information content (AvgIpc) is 3.19. The first-order valence-electron chi connectivity index (χ1n) is 9.94. The van der Waals surface area contributed by atoms with E-state index in [1.54, 1.807) is 23.1 Å². The Morgan fingerprint density at radius 2 is 1.97 bits per heavy atom. The lowest BCUT2D eigenvalue weighted by molar-refractivity contribution is -0.117. The van der Waals surface area contributed by atoms with Crippen molar-refractivity contribution in [2.24, 2.45) is 0 Å². The number of alkyl halides is 2. The molecule has 1 heterocycles. The zero-order valence-corrected chi connectivity index (χ0v) is 17.1. The van der Waals surface area contributed by atoms with E-state index < -0.39 is 6.61 Å². The normalized spacial score (nSPS) is 13.8. The lowest BCUT2D eigenvalue weighted by Crippen LogP contribution is -2.23. The van der Waals surface area contributed by atoms with Gasteiger partial charge in [0.2, 0.25) is 11.8 Å². The molecule has 0 atom stereocenters. The minimum atomic E-state index is -2.93. The fourth-order valence-corrected chi connectivity index (χ4v) is 3.31. The number of ether oxygens (including phenoxy) is 2. The molecule has 0 aliphatic carbocycles. The second-order valence-corrected chi connectivity index (χ2v) is 6.98. The molecular formula is C23H24F2N2O4. The quantitative estimate of drug-likeness (QED) is 0.615. The van der Waals surface area contributed by atoms with Gasteiger partial charge in [-0.25, -0.2) is 0 Å². The van der Waals surface area contributed by atoms with Crippen LogP contribution in [0, 0.1) is 0 Å². The molecule has 2 aromatic rings. The summed E-state index contributed by atoms with van der Waals surface area (Å²) in [5.74, 6) is 0.0660. The molecule has 31 heavy (non-hydrogen) atoms. The maximum absolute atomic E-state index is 12.4. The van der Waals surface area contributed by atoms with Crippen molar-refractivity contribution in [1.29, 1.82) is 0 Å². The minimum absolute atomic E-state index is 0.0339. The van der Waals surface area contributed by atoms with Crippen LogP contribution in [-0.4, -0.2) is 38.6 Å². The largest absolute Gasteiger partial charge is 0.493 e. The van der Waals surface area contributed by atoms with Gasteiger partial charge in [0.15, 0.2) is 11.5 Å². The van der Waals surface area contributed by atoms with E-state index >= 15 is 0 Å². The Bertz CT molecular complexity index is 945. The van der Waals surface area contributed by atoms with Crippen molar-refractivity contribution in [3.05, 3.63) is 59.7 Å². The van der Waals surface area contributed by atoms with Gasteiger partial charge in [-0.05, 0) is 54.3 Å². The summed E-state index contributed by atoms with van der Waals surface area (Å²) in [6.07, 6.45) is 5.10. The van der Waals surface area contributed by atoms with Crippen molar-refractivity contribution in [3.8, 4) is 11.5 Å². The highest BCUT2D eigenvalue weighted by Crippen LogP contribution is 2.29. The number of benzene rings is 2. The Balaban J connectivity index is 1.48. The lowest BCUT2D eigenvalue weighted by Gasteiger charge is -2.15. The molecule has 0 bridgehead atoms. The monoisotopic (exact) mass is 430 g/mol. The van der Waals surface area contributed by atoms with E-state index in [0.29, 0.717) is 19.4 Å². The Morgan fingerprint density at radius 3 is 2.61 bits per heavy atom. The Hall–Kier alpha value is -3.42. The second kappa shape index (κ2) is 10.6. The summed E-state index contributed by atoms with van der Waals surface area (Å²) in [6, 6.07) is 12.1. The predicted octanol–water partition coefficient (Wildman–Crippen LogP) is 3.80. The van der Waals surface area contributed by atoms with Crippen LogP contribution in [0.4, 0.5) is 14.5 Å². The van der Waals surface area contributed by atoms with Crippen LogP contribution in [0.15, 0.2) is 48.5 Å². The number of carbonyl (C=O) groups excluding carboxylic acids is 2. The topological polar surface area (TPSA) is 67.9 Å². The maximum Gasteiger partial charge on any atom is 0.387 e. The van der Waals surface area contributed by atoms with Gasteiger partial charge in [-0.15, -0.1) is 0 Å². The third kappa shape index (κ3) is 6.28. The summed E-state index contributed by atoms with van der Waals surface area (Å²) in [7, 11) is 1.37. The molecule has 1 fully saturated rings. The molecule has 3 rings (SSSR count). The number of rotatable bonds is 9. The van der Waals surface area contributed by atoms with Crippen LogP contribution in [0.2, 0.25) is 0 Å². The van der Waals surface area contributed by atoms with Crippen LogP contribution in [-0.2, 0) is 16.0 Å².